The van der Waals surface area contributed by atoms with Gasteiger partial charge in [-0.15, -0.1) is 0 Å². The zero-order valence-electron chi connectivity index (χ0n) is 14.4. The van der Waals surface area contributed by atoms with Gasteiger partial charge in [-0.2, -0.15) is 0 Å². The van der Waals surface area contributed by atoms with Crippen LogP contribution in [-0.4, -0.2) is 22.7 Å². The average Bonchev–Trinajstić information content (AvgIpc) is 3.41. The maximum Gasteiger partial charge on any atom is 0.228 e. The number of nitrogens with zero attached hydrogens (tertiary/aromatic N) is 1. The number of rotatable bonds is 6. The first kappa shape index (κ1) is 17.6. The molecule has 3 N–H and O–H groups in total. The highest BCUT2D eigenvalue weighted by Gasteiger charge is 2.47. The molecule has 1 aromatic carbocycles. The maximum absolute atomic E-state index is 12.3. The fourth-order valence-electron chi connectivity index (χ4n) is 2.71. The van der Waals surface area contributed by atoms with E-state index in [4.69, 9.17) is 0 Å². The van der Waals surface area contributed by atoms with E-state index in [1.165, 1.54) is 6.92 Å². The fourth-order valence-corrected chi connectivity index (χ4v) is 2.71. The molecule has 2 aromatic rings. The lowest BCUT2D eigenvalue weighted by atomic mass is 10.2. The van der Waals surface area contributed by atoms with Crippen LogP contribution in [0.4, 0.5) is 11.4 Å². The van der Waals surface area contributed by atoms with E-state index in [0.717, 1.165) is 5.56 Å². The Labute approximate surface area is 151 Å². The van der Waals surface area contributed by atoms with Gasteiger partial charge in [0.25, 0.3) is 0 Å². The van der Waals surface area contributed by atoms with Crippen molar-refractivity contribution in [2.45, 2.75) is 19.9 Å². The summed E-state index contributed by atoms with van der Waals surface area (Å²) in [6.45, 7) is 1.84. The minimum Gasteiger partial charge on any atom is -0.352 e. The summed E-state index contributed by atoms with van der Waals surface area (Å²) in [4.78, 5) is 39.5. The van der Waals surface area contributed by atoms with Gasteiger partial charge in [0, 0.05) is 37.2 Å². The van der Waals surface area contributed by atoms with Crippen molar-refractivity contribution in [2.24, 2.45) is 11.8 Å². The van der Waals surface area contributed by atoms with E-state index in [1.807, 2.05) is 12.1 Å². The average molecular weight is 352 g/mol. The highest BCUT2D eigenvalue weighted by Crippen LogP contribution is 2.39. The Kier molecular flexibility index (Phi) is 5.26. The lowest BCUT2D eigenvalue weighted by Crippen LogP contribution is -2.27. The van der Waals surface area contributed by atoms with Gasteiger partial charge in [-0.1, -0.05) is 6.07 Å². The van der Waals surface area contributed by atoms with Gasteiger partial charge in [-0.25, -0.2) is 0 Å². The van der Waals surface area contributed by atoms with Gasteiger partial charge in [0.2, 0.25) is 17.7 Å². The molecule has 1 aliphatic carbocycles. The second-order valence-corrected chi connectivity index (χ2v) is 6.27. The van der Waals surface area contributed by atoms with Gasteiger partial charge in [0.05, 0.1) is 11.8 Å². The van der Waals surface area contributed by atoms with Crippen LogP contribution in [0.3, 0.4) is 0 Å². The van der Waals surface area contributed by atoms with Crippen LogP contribution in [0.15, 0.2) is 48.8 Å². The van der Waals surface area contributed by atoms with Crippen LogP contribution in [0.2, 0.25) is 0 Å². The van der Waals surface area contributed by atoms with Crippen LogP contribution in [0.25, 0.3) is 0 Å². The molecule has 1 aliphatic rings. The summed E-state index contributed by atoms with van der Waals surface area (Å²) in [5.41, 5.74) is 2.16. The Morgan fingerprint density at radius 1 is 1.00 bits per heavy atom. The Hall–Kier alpha value is -3.22. The van der Waals surface area contributed by atoms with Crippen molar-refractivity contribution in [2.75, 3.05) is 10.6 Å². The van der Waals surface area contributed by atoms with Gasteiger partial charge in [0.15, 0.2) is 0 Å². The molecule has 3 rings (SSSR count). The first-order valence-electron chi connectivity index (χ1n) is 8.38. The zero-order valence-corrected chi connectivity index (χ0v) is 14.4. The summed E-state index contributed by atoms with van der Waals surface area (Å²) >= 11 is 0. The topological polar surface area (TPSA) is 100 Å². The molecule has 0 radical (unpaired) electrons. The quantitative estimate of drug-likeness (QED) is 0.739. The Bertz CT molecular complexity index is 823. The van der Waals surface area contributed by atoms with Crippen LogP contribution in [0.5, 0.6) is 0 Å². The van der Waals surface area contributed by atoms with E-state index < -0.39 is 0 Å². The van der Waals surface area contributed by atoms with Crippen LogP contribution in [0, 0.1) is 11.8 Å². The number of carbonyl (C=O) groups excluding carboxylic acids is 3. The molecule has 2 atom stereocenters. The number of benzene rings is 1. The highest BCUT2D eigenvalue weighted by atomic mass is 16.2. The van der Waals surface area contributed by atoms with E-state index in [-0.39, 0.29) is 29.6 Å². The molecule has 0 spiro atoms. The van der Waals surface area contributed by atoms with Gasteiger partial charge in [-0.05, 0) is 42.3 Å². The molecule has 0 bridgehead atoms. The smallest absolute Gasteiger partial charge is 0.228 e. The third-order valence-electron chi connectivity index (χ3n) is 4.13. The van der Waals surface area contributed by atoms with Crippen molar-refractivity contribution in [3.63, 3.8) is 0 Å². The summed E-state index contributed by atoms with van der Waals surface area (Å²) in [6.07, 6.45) is 3.88. The number of hydrogen-bond donors (Lipinski definition) is 3. The van der Waals surface area contributed by atoms with Crippen molar-refractivity contribution < 1.29 is 14.4 Å². The SMILES string of the molecule is CC(=O)Nc1cccc(NC(=O)C2CC2C(=O)NCc2ccncc2)c1. The van der Waals surface area contributed by atoms with E-state index in [1.54, 1.807) is 36.7 Å². The molecule has 1 heterocycles. The number of amides is 3. The third-order valence-corrected chi connectivity index (χ3v) is 4.13. The monoisotopic (exact) mass is 352 g/mol. The number of aromatic nitrogens is 1. The molecule has 3 amide bonds. The van der Waals surface area contributed by atoms with Gasteiger partial charge >= 0.3 is 0 Å². The summed E-state index contributed by atoms with van der Waals surface area (Å²) in [5, 5.41) is 8.31. The lowest BCUT2D eigenvalue weighted by molar-refractivity contribution is -0.125. The summed E-state index contributed by atoms with van der Waals surface area (Å²) in [5.74, 6) is -1.10. The Balaban J connectivity index is 1.49. The molecule has 134 valence electrons. The summed E-state index contributed by atoms with van der Waals surface area (Å²) < 4.78 is 0. The molecule has 26 heavy (non-hydrogen) atoms. The Morgan fingerprint density at radius 3 is 2.35 bits per heavy atom. The van der Waals surface area contributed by atoms with Crippen molar-refractivity contribution >= 4 is 29.1 Å². The predicted octanol–water partition coefficient (Wildman–Crippen LogP) is 1.93. The fraction of sp³-hybridized carbons (Fsp3) is 0.263. The molecular formula is C19H20N4O3. The number of anilines is 2. The lowest BCUT2D eigenvalue weighted by Gasteiger charge is -2.08. The minimum atomic E-state index is -0.322. The standard InChI is InChI=1S/C19H20N4O3/c1-12(24)22-14-3-2-4-15(9-14)23-19(26)17-10-16(17)18(25)21-11-13-5-7-20-8-6-13/h2-9,16-17H,10-11H2,1H3,(H,21,25)(H,22,24)(H,23,26). The minimum absolute atomic E-state index is 0.117. The highest BCUT2D eigenvalue weighted by molar-refractivity contribution is 6.00. The van der Waals surface area contributed by atoms with Crippen LogP contribution in [0.1, 0.15) is 18.9 Å². The molecule has 1 saturated carbocycles. The Morgan fingerprint density at radius 2 is 1.65 bits per heavy atom. The van der Waals surface area contributed by atoms with E-state index in [0.29, 0.717) is 24.3 Å². The number of carbonyl (C=O) groups is 3. The van der Waals surface area contributed by atoms with Crippen LogP contribution >= 0.6 is 0 Å². The van der Waals surface area contributed by atoms with Crippen molar-refractivity contribution in [3.05, 3.63) is 54.4 Å². The van der Waals surface area contributed by atoms with Crippen molar-refractivity contribution in [1.82, 2.24) is 10.3 Å². The maximum atomic E-state index is 12.3. The van der Waals surface area contributed by atoms with Crippen molar-refractivity contribution in [1.29, 1.82) is 0 Å². The van der Waals surface area contributed by atoms with Gasteiger partial charge in [0.1, 0.15) is 0 Å². The van der Waals surface area contributed by atoms with Gasteiger partial charge < -0.3 is 16.0 Å². The second-order valence-electron chi connectivity index (χ2n) is 6.27. The third kappa shape index (κ3) is 4.66. The molecule has 7 nitrogen and oxygen atoms in total. The molecule has 2 unspecified atom stereocenters. The second kappa shape index (κ2) is 7.77. The van der Waals surface area contributed by atoms with Crippen LogP contribution in [-0.2, 0) is 20.9 Å². The van der Waals surface area contributed by atoms with Crippen molar-refractivity contribution in [3.8, 4) is 0 Å². The molecular weight excluding hydrogens is 332 g/mol. The first-order chi connectivity index (χ1) is 12.5. The normalized spacial score (nSPS) is 17.9. The summed E-state index contributed by atoms with van der Waals surface area (Å²) in [7, 11) is 0. The molecule has 1 aromatic heterocycles. The van der Waals surface area contributed by atoms with E-state index in [2.05, 4.69) is 20.9 Å². The van der Waals surface area contributed by atoms with E-state index in [9.17, 15) is 14.4 Å². The molecule has 0 saturated heterocycles. The largest absolute Gasteiger partial charge is 0.352 e. The number of pyridine rings is 1. The van der Waals surface area contributed by atoms with E-state index >= 15 is 0 Å². The molecule has 0 aliphatic heterocycles. The number of nitrogens with one attached hydrogen (secondary N) is 3. The van der Waals surface area contributed by atoms with Gasteiger partial charge in [-0.3, -0.25) is 19.4 Å². The molecule has 1 fully saturated rings. The predicted molar refractivity (Wildman–Crippen MR) is 97.1 cm³/mol. The first-order valence-corrected chi connectivity index (χ1v) is 8.38. The molecule has 7 heteroatoms. The number of hydrogen-bond acceptors (Lipinski definition) is 4. The zero-order chi connectivity index (χ0) is 18.5. The summed E-state index contributed by atoms with van der Waals surface area (Å²) in [6, 6.07) is 10.6. The van der Waals surface area contributed by atoms with Crippen LogP contribution < -0.4 is 16.0 Å².